The third-order valence-electron chi connectivity index (χ3n) is 3.90. The molecule has 1 fully saturated rings. The number of carboxylic acid groups (broad SMARTS) is 1. The molecule has 0 saturated heterocycles. The first-order chi connectivity index (χ1) is 9.58. The van der Waals surface area contributed by atoms with Gasteiger partial charge >= 0.3 is 5.97 Å². The molecule has 0 amide bonds. The Morgan fingerprint density at radius 2 is 2.05 bits per heavy atom. The number of anilines is 1. The second-order valence-electron chi connectivity index (χ2n) is 5.28. The van der Waals surface area contributed by atoms with Crippen LogP contribution in [0.1, 0.15) is 37.7 Å². The molecule has 0 aliphatic heterocycles. The lowest BCUT2D eigenvalue weighted by Crippen LogP contribution is -2.33. The number of hydrogen-bond acceptors (Lipinski definition) is 2. The zero-order valence-corrected chi connectivity index (χ0v) is 12.4. The van der Waals surface area contributed by atoms with Crippen LogP contribution in [-0.4, -0.2) is 24.2 Å². The van der Waals surface area contributed by atoms with E-state index in [0.717, 1.165) is 17.3 Å². The van der Waals surface area contributed by atoms with Crippen molar-refractivity contribution in [1.29, 1.82) is 0 Å². The number of halogens is 1. The van der Waals surface area contributed by atoms with Gasteiger partial charge in [0.1, 0.15) is 0 Å². The normalized spacial score (nSPS) is 16.5. The molecule has 3 nitrogen and oxygen atoms in total. The van der Waals surface area contributed by atoms with Gasteiger partial charge in [0.2, 0.25) is 0 Å². The molecule has 4 heteroatoms. The van der Waals surface area contributed by atoms with Gasteiger partial charge in [-0.05, 0) is 42.7 Å². The fraction of sp³-hybridized carbons (Fsp3) is 0.438. The van der Waals surface area contributed by atoms with Crippen molar-refractivity contribution in [3.8, 4) is 0 Å². The number of nitrogens with zero attached hydrogens (tertiary/aromatic N) is 1. The highest BCUT2D eigenvalue weighted by atomic mass is 35.5. The van der Waals surface area contributed by atoms with Crippen LogP contribution in [0.15, 0.2) is 24.3 Å². The maximum Gasteiger partial charge on any atom is 0.328 e. The van der Waals surface area contributed by atoms with Crippen LogP contribution in [0.5, 0.6) is 0 Å². The highest BCUT2D eigenvalue weighted by Gasteiger charge is 2.19. The Bertz CT molecular complexity index is 507. The molecule has 0 atom stereocenters. The molecule has 1 aliphatic carbocycles. The fourth-order valence-electron chi connectivity index (χ4n) is 2.81. The lowest BCUT2D eigenvalue weighted by molar-refractivity contribution is -0.131. The minimum atomic E-state index is -0.948. The SMILES string of the molecule is CN(c1ccc(Cl)cc1/C=C/C(=O)O)C1CCCCC1. The van der Waals surface area contributed by atoms with E-state index in [0.29, 0.717) is 11.1 Å². The largest absolute Gasteiger partial charge is 0.478 e. The Balaban J connectivity index is 2.27. The zero-order chi connectivity index (χ0) is 14.5. The van der Waals surface area contributed by atoms with Crippen LogP contribution in [0.2, 0.25) is 5.02 Å². The van der Waals surface area contributed by atoms with E-state index in [2.05, 4.69) is 11.9 Å². The number of benzene rings is 1. The molecule has 0 spiro atoms. The summed E-state index contributed by atoms with van der Waals surface area (Å²) in [5, 5.41) is 9.41. The van der Waals surface area contributed by atoms with E-state index >= 15 is 0 Å². The van der Waals surface area contributed by atoms with Gasteiger partial charge in [-0.15, -0.1) is 0 Å². The number of rotatable bonds is 4. The van der Waals surface area contributed by atoms with Gasteiger partial charge in [-0.1, -0.05) is 30.9 Å². The third-order valence-corrected chi connectivity index (χ3v) is 4.13. The van der Waals surface area contributed by atoms with E-state index in [1.54, 1.807) is 6.08 Å². The van der Waals surface area contributed by atoms with Crippen LogP contribution in [-0.2, 0) is 4.79 Å². The minimum Gasteiger partial charge on any atom is -0.478 e. The molecule has 1 aromatic carbocycles. The summed E-state index contributed by atoms with van der Waals surface area (Å²) in [6.07, 6.45) is 9.01. The molecule has 1 saturated carbocycles. The van der Waals surface area contributed by atoms with Gasteiger partial charge in [-0.3, -0.25) is 0 Å². The van der Waals surface area contributed by atoms with E-state index in [9.17, 15) is 4.79 Å². The maximum atomic E-state index is 10.7. The topological polar surface area (TPSA) is 40.5 Å². The third kappa shape index (κ3) is 3.76. The summed E-state index contributed by atoms with van der Waals surface area (Å²) >= 11 is 6.02. The second kappa shape index (κ2) is 6.80. The van der Waals surface area contributed by atoms with Crippen LogP contribution < -0.4 is 4.90 Å². The predicted octanol–water partition coefficient (Wildman–Crippen LogP) is 4.21. The lowest BCUT2D eigenvalue weighted by atomic mass is 9.93. The van der Waals surface area contributed by atoms with E-state index in [4.69, 9.17) is 16.7 Å². The standard InChI is InChI=1S/C16H20ClNO2/c1-18(14-5-3-2-4-6-14)15-9-8-13(17)11-12(15)7-10-16(19)20/h7-11,14H,2-6H2,1H3,(H,19,20)/b10-7+. The Hall–Kier alpha value is -1.48. The summed E-state index contributed by atoms with van der Waals surface area (Å²) in [7, 11) is 2.08. The quantitative estimate of drug-likeness (QED) is 0.846. The van der Waals surface area contributed by atoms with E-state index in [1.807, 2.05) is 18.2 Å². The maximum absolute atomic E-state index is 10.7. The molecule has 108 valence electrons. The summed E-state index contributed by atoms with van der Waals surface area (Å²) in [5.74, 6) is -0.948. The van der Waals surface area contributed by atoms with Gasteiger partial charge in [0.05, 0.1) is 0 Å². The van der Waals surface area contributed by atoms with E-state index in [1.165, 1.54) is 32.1 Å². The highest BCUT2D eigenvalue weighted by molar-refractivity contribution is 6.30. The first-order valence-corrected chi connectivity index (χ1v) is 7.39. The first kappa shape index (κ1) is 14.9. The van der Waals surface area contributed by atoms with Gasteiger partial charge in [-0.25, -0.2) is 4.79 Å². The molecular weight excluding hydrogens is 274 g/mol. The summed E-state index contributed by atoms with van der Waals surface area (Å²) in [5.41, 5.74) is 1.90. The van der Waals surface area contributed by atoms with Crippen molar-refractivity contribution in [2.45, 2.75) is 38.1 Å². The minimum absolute atomic E-state index is 0.530. The van der Waals surface area contributed by atoms with Crippen molar-refractivity contribution in [2.24, 2.45) is 0 Å². The first-order valence-electron chi connectivity index (χ1n) is 7.01. The molecule has 0 radical (unpaired) electrons. The molecule has 20 heavy (non-hydrogen) atoms. The number of hydrogen-bond donors (Lipinski definition) is 1. The molecule has 0 heterocycles. The molecular formula is C16H20ClNO2. The molecule has 1 aromatic rings. The van der Waals surface area contributed by atoms with E-state index < -0.39 is 5.97 Å². The average molecular weight is 294 g/mol. The van der Waals surface area contributed by atoms with Crippen molar-refractivity contribution in [2.75, 3.05) is 11.9 Å². The van der Waals surface area contributed by atoms with Crippen molar-refractivity contribution in [3.05, 3.63) is 34.9 Å². The lowest BCUT2D eigenvalue weighted by Gasteiger charge is -2.34. The number of aliphatic carboxylic acids is 1. The van der Waals surface area contributed by atoms with Gasteiger partial charge in [-0.2, -0.15) is 0 Å². The number of carboxylic acids is 1. The molecule has 1 N–H and O–H groups in total. The van der Waals surface area contributed by atoms with E-state index in [-0.39, 0.29) is 0 Å². The summed E-state index contributed by atoms with van der Waals surface area (Å²) in [4.78, 5) is 13.0. The molecule has 0 aromatic heterocycles. The van der Waals surface area contributed by atoms with Crippen LogP contribution >= 0.6 is 11.6 Å². The summed E-state index contributed by atoms with van der Waals surface area (Å²) in [6.45, 7) is 0. The van der Waals surface area contributed by atoms with Crippen LogP contribution in [0.25, 0.3) is 6.08 Å². The van der Waals surface area contributed by atoms with Crippen LogP contribution in [0.3, 0.4) is 0 Å². The van der Waals surface area contributed by atoms with Crippen molar-refractivity contribution in [3.63, 3.8) is 0 Å². The van der Waals surface area contributed by atoms with Crippen LogP contribution in [0, 0.1) is 0 Å². The van der Waals surface area contributed by atoms with Crippen molar-refractivity contribution >= 4 is 29.3 Å². The Morgan fingerprint density at radius 3 is 2.70 bits per heavy atom. The average Bonchev–Trinajstić information content (AvgIpc) is 2.45. The Labute approximate surface area is 124 Å². The monoisotopic (exact) mass is 293 g/mol. The highest BCUT2D eigenvalue weighted by Crippen LogP contribution is 2.30. The fourth-order valence-corrected chi connectivity index (χ4v) is 2.99. The summed E-state index contributed by atoms with van der Waals surface area (Å²) < 4.78 is 0. The molecule has 0 bridgehead atoms. The summed E-state index contributed by atoms with van der Waals surface area (Å²) in [6, 6.07) is 6.17. The number of carbonyl (C=O) groups is 1. The smallest absolute Gasteiger partial charge is 0.328 e. The zero-order valence-electron chi connectivity index (χ0n) is 11.7. The molecule has 0 unspecified atom stereocenters. The van der Waals surface area contributed by atoms with Crippen molar-refractivity contribution < 1.29 is 9.90 Å². The second-order valence-corrected chi connectivity index (χ2v) is 5.71. The molecule has 2 rings (SSSR count). The Kier molecular flexibility index (Phi) is 5.07. The van der Waals surface area contributed by atoms with Gasteiger partial charge in [0.25, 0.3) is 0 Å². The van der Waals surface area contributed by atoms with Crippen molar-refractivity contribution in [1.82, 2.24) is 0 Å². The van der Waals surface area contributed by atoms with Gasteiger partial charge in [0.15, 0.2) is 0 Å². The molecule has 1 aliphatic rings. The predicted molar refractivity (Wildman–Crippen MR) is 83.4 cm³/mol. The van der Waals surface area contributed by atoms with Gasteiger partial charge < -0.3 is 10.0 Å². The Morgan fingerprint density at radius 1 is 1.35 bits per heavy atom. The van der Waals surface area contributed by atoms with Gasteiger partial charge in [0, 0.05) is 29.9 Å². The van der Waals surface area contributed by atoms with Crippen LogP contribution in [0.4, 0.5) is 5.69 Å².